The van der Waals surface area contributed by atoms with E-state index in [4.69, 9.17) is 0 Å². The third-order valence-electron chi connectivity index (χ3n) is 2.65. The molecule has 1 amide bonds. The van der Waals surface area contributed by atoms with Crippen LogP contribution in [0.25, 0.3) is 0 Å². The first-order valence-corrected chi connectivity index (χ1v) is 7.07. The molecule has 6 heteroatoms. The summed E-state index contributed by atoms with van der Waals surface area (Å²) in [5.74, 6) is -2.51. The van der Waals surface area contributed by atoms with Gasteiger partial charge in [0.25, 0.3) is 0 Å². The van der Waals surface area contributed by atoms with Gasteiger partial charge in [-0.05, 0) is 25.0 Å². The second kappa shape index (κ2) is 6.14. The van der Waals surface area contributed by atoms with Gasteiger partial charge in [0.05, 0.1) is 17.1 Å². The Morgan fingerprint density at radius 1 is 1.21 bits per heavy atom. The molecule has 1 aromatic carbocycles. The highest BCUT2D eigenvalue weighted by Crippen LogP contribution is 2.19. The van der Waals surface area contributed by atoms with Crippen molar-refractivity contribution < 1.29 is 18.4 Å². The van der Waals surface area contributed by atoms with Crippen molar-refractivity contribution in [1.29, 1.82) is 0 Å². The Labute approximate surface area is 113 Å². The van der Waals surface area contributed by atoms with Crippen molar-refractivity contribution in [3.8, 4) is 0 Å². The van der Waals surface area contributed by atoms with E-state index in [0.717, 1.165) is 36.7 Å². The van der Waals surface area contributed by atoms with E-state index in [1.807, 2.05) is 0 Å². The van der Waals surface area contributed by atoms with Crippen molar-refractivity contribution in [2.45, 2.75) is 18.9 Å². The third kappa shape index (κ3) is 4.02. The van der Waals surface area contributed by atoms with E-state index >= 15 is 0 Å². The quantitative estimate of drug-likeness (QED) is 0.815. The molecule has 0 saturated heterocycles. The molecule has 102 valence electrons. The van der Waals surface area contributed by atoms with Gasteiger partial charge in [0.1, 0.15) is 11.6 Å². The summed E-state index contributed by atoms with van der Waals surface area (Å²) in [6.07, 6.45) is 1.99. The molecule has 1 aliphatic rings. The molecule has 0 heterocycles. The van der Waals surface area contributed by atoms with Crippen molar-refractivity contribution in [1.82, 2.24) is 5.32 Å². The van der Waals surface area contributed by atoms with Crippen molar-refractivity contribution in [3.63, 3.8) is 0 Å². The van der Waals surface area contributed by atoms with Crippen LogP contribution in [0.3, 0.4) is 0 Å². The first kappa shape index (κ1) is 14.0. The summed E-state index contributed by atoms with van der Waals surface area (Å²) < 4.78 is 26.6. The van der Waals surface area contributed by atoms with Crippen LogP contribution in [0.2, 0.25) is 0 Å². The lowest BCUT2D eigenvalue weighted by molar-refractivity contribution is -0.118. The molecule has 2 rings (SSSR count). The van der Waals surface area contributed by atoms with Gasteiger partial charge in [-0.2, -0.15) is 0 Å². The summed E-state index contributed by atoms with van der Waals surface area (Å²) in [6.45, 7) is 0. The minimum atomic E-state index is -0.868. The zero-order valence-corrected chi connectivity index (χ0v) is 10.9. The van der Waals surface area contributed by atoms with E-state index in [2.05, 4.69) is 5.32 Å². The number of thioether (sulfide) groups is 1. The molecule has 19 heavy (non-hydrogen) atoms. The number of benzene rings is 1. The van der Waals surface area contributed by atoms with Crippen molar-refractivity contribution in [2.24, 2.45) is 0 Å². The average molecular weight is 285 g/mol. The second-order valence-corrected chi connectivity index (χ2v) is 5.34. The molecule has 3 nitrogen and oxygen atoms in total. The predicted octanol–water partition coefficient (Wildman–Crippen LogP) is 2.16. The maximum atomic E-state index is 13.3. The van der Waals surface area contributed by atoms with Gasteiger partial charge in [-0.25, -0.2) is 8.78 Å². The molecule has 0 atom stereocenters. The number of carbonyl (C=O) groups excluding carboxylic acids is 2. The lowest BCUT2D eigenvalue weighted by Gasteiger charge is -2.05. The van der Waals surface area contributed by atoms with Crippen molar-refractivity contribution in [3.05, 3.63) is 35.4 Å². The van der Waals surface area contributed by atoms with E-state index in [9.17, 15) is 18.4 Å². The zero-order valence-electron chi connectivity index (χ0n) is 10.1. The van der Waals surface area contributed by atoms with Crippen molar-refractivity contribution >= 4 is 23.5 Å². The molecule has 0 bridgehead atoms. The van der Waals surface area contributed by atoms with E-state index in [0.29, 0.717) is 0 Å². The Kier molecular flexibility index (Phi) is 4.52. The first-order chi connectivity index (χ1) is 9.08. The largest absolute Gasteiger partial charge is 0.353 e. The molecule has 1 fully saturated rings. The van der Waals surface area contributed by atoms with Gasteiger partial charge in [0.2, 0.25) is 5.91 Å². The lowest BCUT2D eigenvalue weighted by Crippen LogP contribution is -2.27. The number of hydrogen-bond donors (Lipinski definition) is 1. The van der Waals surface area contributed by atoms with Gasteiger partial charge in [0, 0.05) is 6.04 Å². The molecule has 1 N–H and O–H groups in total. The number of rotatable bonds is 6. The number of Topliss-reactive ketones (excluding diaryl/α,β-unsaturated/α-hetero) is 1. The van der Waals surface area contributed by atoms with Crippen LogP contribution in [-0.2, 0) is 4.79 Å². The predicted molar refractivity (Wildman–Crippen MR) is 69.2 cm³/mol. The molecule has 0 aromatic heterocycles. The van der Waals surface area contributed by atoms with E-state index in [1.165, 1.54) is 6.07 Å². The van der Waals surface area contributed by atoms with Gasteiger partial charge in [-0.15, -0.1) is 11.8 Å². The summed E-state index contributed by atoms with van der Waals surface area (Å²) in [6, 6.07) is 3.56. The molecule has 0 unspecified atom stereocenters. The highest BCUT2D eigenvalue weighted by Gasteiger charge is 2.23. The fourth-order valence-corrected chi connectivity index (χ4v) is 2.27. The molecule has 0 aliphatic heterocycles. The smallest absolute Gasteiger partial charge is 0.230 e. The van der Waals surface area contributed by atoms with Gasteiger partial charge in [-0.1, -0.05) is 6.07 Å². The zero-order chi connectivity index (χ0) is 13.8. The number of ketones is 1. The number of halogens is 2. The van der Waals surface area contributed by atoms with E-state index < -0.39 is 23.0 Å². The van der Waals surface area contributed by atoms with E-state index in [1.54, 1.807) is 0 Å². The Morgan fingerprint density at radius 2 is 1.84 bits per heavy atom. The molecule has 1 aliphatic carbocycles. The highest BCUT2D eigenvalue weighted by molar-refractivity contribution is 8.00. The Morgan fingerprint density at radius 3 is 2.42 bits per heavy atom. The standard InChI is InChI=1S/C13H13F2NO2S/c14-9-2-1-3-10(15)13(9)11(17)6-19-7-12(18)16-8-4-5-8/h1-3,8H,4-7H2,(H,16,18). The lowest BCUT2D eigenvalue weighted by atomic mass is 10.1. The maximum Gasteiger partial charge on any atom is 0.230 e. The van der Waals surface area contributed by atoms with Crippen LogP contribution in [0.15, 0.2) is 18.2 Å². The second-order valence-electron chi connectivity index (χ2n) is 4.35. The SMILES string of the molecule is O=C(CSCC(=O)c1c(F)cccc1F)NC1CC1. The fraction of sp³-hybridized carbons (Fsp3) is 0.385. The molecule has 1 saturated carbocycles. The monoisotopic (exact) mass is 285 g/mol. The molecular formula is C13H13F2NO2S. The summed E-state index contributed by atoms with van der Waals surface area (Å²) in [7, 11) is 0. The maximum absolute atomic E-state index is 13.3. The Hall–Kier alpha value is -1.43. The minimum Gasteiger partial charge on any atom is -0.353 e. The van der Waals surface area contributed by atoms with Gasteiger partial charge in [-0.3, -0.25) is 9.59 Å². The molecule has 0 radical (unpaired) electrons. The van der Waals surface area contributed by atoms with Crippen LogP contribution in [0.1, 0.15) is 23.2 Å². The summed E-state index contributed by atoms with van der Waals surface area (Å²) in [4.78, 5) is 23.0. The number of nitrogens with one attached hydrogen (secondary N) is 1. The number of hydrogen-bond acceptors (Lipinski definition) is 3. The average Bonchev–Trinajstić information content (AvgIpc) is 3.12. The minimum absolute atomic E-state index is 0.115. The number of amides is 1. The third-order valence-corrected chi connectivity index (χ3v) is 3.58. The van der Waals surface area contributed by atoms with Crippen LogP contribution >= 0.6 is 11.8 Å². The van der Waals surface area contributed by atoms with Crippen LogP contribution in [0, 0.1) is 11.6 Å². The van der Waals surface area contributed by atoms with Gasteiger partial charge in [0.15, 0.2) is 5.78 Å². The summed E-state index contributed by atoms with van der Waals surface area (Å²) >= 11 is 1.06. The normalized spacial score (nSPS) is 14.2. The summed E-state index contributed by atoms with van der Waals surface area (Å²) in [5, 5.41) is 2.77. The Bertz CT molecular complexity index is 483. The first-order valence-electron chi connectivity index (χ1n) is 5.92. The van der Waals surface area contributed by atoms with Gasteiger partial charge < -0.3 is 5.32 Å². The topological polar surface area (TPSA) is 46.2 Å². The van der Waals surface area contributed by atoms with E-state index in [-0.39, 0.29) is 23.5 Å². The fourth-order valence-electron chi connectivity index (χ4n) is 1.57. The van der Waals surface area contributed by atoms with Crippen LogP contribution < -0.4 is 5.32 Å². The van der Waals surface area contributed by atoms with Crippen LogP contribution in [0.4, 0.5) is 8.78 Å². The molecular weight excluding hydrogens is 272 g/mol. The number of carbonyl (C=O) groups is 2. The van der Waals surface area contributed by atoms with Crippen LogP contribution in [-0.4, -0.2) is 29.2 Å². The van der Waals surface area contributed by atoms with Crippen molar-refractivity contribution in [2.75, 3.05) is 11.5 Å². The Balaban J connectivity index is 1.82. The summed E-state index contributed by atoms with van der Waals surface area (Å²) in [5.41, 5.74) is -0.530. The highest BCUT2D eigenvalue weighted by atomic mass is 32.2. The molecule has 1 aromatic rings. The molecule has 0 spiro atoms. The van der Waals surface area contributed by atoms with Crippen LogP contribution in [0.5, 0.6) is 0 Å². The van der Waals surface area contributed by atoms with Gasteiger partial charge >= 0.3 is 0 Å².